The lowest BCUT2D eigenvalue weighted by atomic mass is 10.1. The second-order valence-electron chi connectivity index (χ2n) is 3.11. The molecule has 0 atom stereocenters. The summed E-state index contributed by atoms with van der Waals surface area (Å²) >= 11 is 8.56. The molecule has 0 aliphatic carbocycles. The Hall–Kier alpha value is -0.420. The second kappa shape index (κ2) is 5.77. The van der Waals surface area contributed by atoms with Crippen molar-refractivity contribution in [2.45, 2.75) is 19.2 Å². The normalized spacial score (nSPS) is 11.6. The first kappa shape index (κ1) is 13.6. The van der Waals surface area contributed by atoms with Crippen molar-refractivity contribution in [1.29, 1.82) is 0 Å². The fourth-order valence-electron chi connectivity index (χ4n) is 1.18. The van der Waals surface area contributed by atoms with Crippen LogP contribution in [0.1, 0.15) is 12.0 Å². The maximum atomic E-state index is 12.0. The van der Waals surface area contributed by atoms with E-state index < -0.39 is 6.36 Å². The third-order valence-corrected chi connectivity index (χ3v) is 2.71. The minimum Gasteiger partial charge on any atom is -0.405 e. The first-order valence-corrected chi connectivity index (χ1v) is 5.85. The van der Waals surface area contributed by atoms with Gasteiger partial charge in [-0.25, -0.2) is 0 Å². The molecule has 1 rings (SSSR count). The molecule has 1 nitrogen and oxygen atoms in total. The number of benzene rings is 1. The van der Waals surface area contributed by atoms with Crippen molar-refractivity contribution >= 4 is 27.5 Å². The molecular formula is C10H9BrClF3O. The zero-order chi connectivity index (χ0) is 12.2. The van der Waals surface area contributed by atoms with Crippen LogP contribution in [-0.4, -0.2) is 12.2 Å². The molecule has 0 radical (unpaired) electrons. The molecule has 1 aromatic rings. The van der Waals surface area contributed by atoms with Crippen LogP contribution >= 0.6 is 27.5 Å². The maximum Gasteiger partial charge on any atom is 0.573 e. The summed E-state index contributed by atoms with van der Waals surface area (Å²) in [7, 11) is 0. The Labute approximate surface area is 105 Å². The number of aryl methyl sites for hydroxylation is 1. The number of ether oxygens (including phenoxy) is 1. The van der Waals surface area contributed by atoms with Gasteiger partial charge in [0, 0.05) is 5.88 Å². The van der Waals surface area contributed by atoms with Crippen LogP contribution in [0.25, 0.3) is 0 Å². The molecule has 0 amide bonds. The number of rotatable bonds is 4. The lowest BCUT2D eigenvalue weighted by molar-refractivity contribution is -0.274. The minimum atomic E-state index is -4.67. The van der Waals surface area contributed by atoms with Gasteiger partial charge in [0.25, 0.3) is 0 Å². The Morgan fingerprint density at radius 3 is 2.50 bits per heavy atom. The second-order valence-corrected chi connectivity index (χ2v) is 4.34. The Balaban J connectivity index is 2.75. The SMILES string of the molecule is FC(F)(F)Oc1ccc(CCCCl)cc1Br. The molecule has 0 heterocycles. The lowest BCUT2D eigenvalue weighted by Gasteiger charge is -2.11. The molecule has 0 aliphatic heterocycles. The van der Waals surface area contributed by atoms with Gasteiger partial charge >= 0.3 is 6.36 Å². The van der Waals surface area contributed by atoms with Crippen LogP contribution < -0.4 is 4.74 Å². The predicted molar refractivity (Wildman–Crippen MR) is 59.9 cm³/mol. The highest BCUT2D eigenvalue weighted by Gasteiger charge is 2.31. The highest BCUT2D eigenvalue weighted by atomic mass is 79.9. The van der Waals surface area contributed by atoms with Crippen LogP contribution in [0.5, 0.6) is 5.75 Å². The molecular weight excluding hydrogens is 308 g/mol. The fourth-order valence-corrected chi connectivity index (χ4v) is 1.82. The van der Waals surface area contributed by atoms with Gasteiger partial charge in [-0.1, -0.05) is 6.07 Å². The molecule has 0 N–H and O–H groups in total. The van der Waals surface area contributed by atoms with E-state index in [2.05, 4.69) is 20.7 Å². The van der Waals surface area contributed by atoms with Gasteiger partial charge in [0.2, 0.25) is 0 Å². The van der Waals surface area contributed by atoms with Crippen molar-refractivity contribution in [1.82, 2.24) is 0 Å². The van der Waals surface area contributed by atoms with E-state index in [1.165, 1.54) is 6.07 Å². The first-order valence-electron chi connectivity index (χ1n) is 4.52. The van der Waals surface area contributed by atoms with E-state index in [1.54, 1.807) is 12.1 Å². The molecule has 16 heavy (non-hydrogen) atoms. The molecule has 0 saturated carbocycles. The van der Waals surface area contributed by atoms with Crippen molar-refractivity contribution in [3.63, 3.8) is 0 Å². The van der Waals surface area contributed by atoms with Crippen LogP contribution in [0.3, 0.4) is 0 Å². The van der Waals surface area contributed by atoms with E-state index in [0.29, 0.717) is 5.88 Å². The summed E-state index contributed by atoms with van der Waals surface area (Å²) in [5.74, 6) is 0.292. The summed E-state index contributed by atoms with van der Waals surface area (Å²) in [6, 6.07) is 4.49. The molecule has 0 aliphatic rings. The largest absolute Gasteiger partial charge is 0.573 e. The molecule has 0 saturated heterocycles. The summed E-state index contributed by atoms with van der Waals surface area (Å²) in [4.78, 5) is 0. The summed E-state index contributed by atoms with van der Waals surface area (Å²) in [6.45, 7) is 0. The minimum absolute atomic E-state index is 0.234. The zero-order valence-corrected chi connectivity index (χ0v) is 10.5. The van der Waals surface area contributed by atoms with Gasteiger partial charge in [-0.05, 0) is 46.5 Å². The summed E-state index contributed by atoms with van der Waals surface area (Å²) in [5.41, 5.74) is 0.919. The Morgan fingerprint density at radius 2 is 2.00 bits per heavy atom. The van der Waals surface area contributed by atoms with Crippen LogP contribution in [0.4, 0.5) is 13.2 Å². The molecule has 6 heteroatoms. The van der Waals surface area contributed by atoms with Gasteiger partial charge in [-0.3, -0.25) is 0 Å². The highest BCUT2D eigenvalue weighted by Crippen LogP contribution is 2.31. The van der Waals surface area contributed by atoms with Crippen molar-refractivity contribution < 1.29 is 17.9 Å². The quantitative estimate of drug-likeness (QED) is 0.742. The fraction of sp³-hybridized carbons (Fsp3) is 0.400. The molecule has 90 valence electrons. The van der Waals surface area contributed by atoms with Gasteiger partial charge in [0.05, 0.1) is 4.47 Å². The number of alkyl halides is 4. The number of hydrogen-bond donors (Lipinski definition) is 0. The van der Waals surface area contributed by atoms with Gasteiger partial charge in [0.1, 0.15) is 5.75 Å². The van der Waals surface area contributed by atoms with Crippen LogP contribution in [0.15, 0.2) is 22.7 Å². The molecule has 0 bridgehead atoms. The average molecular weight is 318 g/mol. The summed E-state index contributed by atoms with van der Waals surface area (Å²) in [5, 5.41) is 0. The van der Waals surface area contributed by atoms with E-state index >= 15 is 0 Å². The van der Waals surface area contributed by atoms with E-state index in [0.717, 1.165) is 18.4 Å². The van der Waals surface area contributed by atoms with E-state index in [9.17, 15) is 13.2 Å². The third kappa shape index (κ3) is 4.61. The van der Waals surface area contributed by atoms with Gasteiger partial charge in [0.15, 0.2) is 0 Å². The standard InChI is InChI=1S/C10H9BrClF3O/c11-8-6-7(2-1-5-12)3-4-9(8)16-10(13,14)15/h3-4,6H,1-2,5H2. The molecule has 0 aromatic heterocycles. The van der Waals surface area contributed by atoms with Crippen LogP contribution in [0.2, 0.25) is 0 Å². The zero-order valence-electron chi connectivity index (χ0n) is 8.15. The maximum absolute atomic E-state index is 12.0. The highest BCUT2D eigenvalue weighted by molar-refractivity contribution is 9.10. The Bertz CT molecular complexity index is 354. The summed E-state index contributed by atoms with van der Waals surface area (Å²) < 4.78 is 40.0. The molecule has 1 aromatic carbocycles. The smallest absolute Gasteiger partial charge is 0.405 e. The van der Waals surface area contributed by atoms with Crippen molar-refractivity contribution in [3.05, 3.63) is 28.2 Å². The Kier molecular flexibility index (Phi) is 4.92. The van der Waals surface area contributed by atoms with Gasteiger partial charge in [-0.15, -0.1) is 24.8 Å². The van der Waals surface area contributed by atoms with Gasteiger partial charge < -0.3 is 4.74 Å². The van der Waals surface area contributed by atoms with Crippen molar-refractivity contribution in [3.8, 4) is 5.75 Å². The topological polar surface area (TPSA) is 9.23 Å². The Morgan fingerprint density at radius 1 is 1.31 bits per heavy atom. The third-order valence-electron chi connectivity index (χ3n) is 1.82. The molecule has 0 unspecified atom stereocenters. The monoisotopic (exact) mass is 316 g/mol. The van der Waals surface area contributed by atoms with Crippen LogP contribution in [0, 0.1) is 0 Å². The van der Waals surface area contributed by atoms with E-state index in [1.807, 2.05) is 0 Å². The number of halogens is 5. The molecule has 0 spiro atoms. The van der Waals surface area contributed by atoms with Crippen LogP contribution in [-0.2, 0) is 6.42 Å². The van der Waals surface area contributed by atoms with E-state index in [4.69, 9.17) is 11.6 Å². The van der Waals surface area contributed by atoms with Crippen molar-refractivity contribution in [2.75, 3.05) is 5.88 Å². The average Bonchev–Trinajstić information content (AvgIpc) is 2.17. The lowest BCUT2D eigenvalue weighted by Crippen LogP contribution is -2.17. The first-order chi connectivity index (χ1) is 7.42. The van der Waals surface area contributed by atoms with Crippen molar-refractivity contribution in [2.24, 2.45) is 0 Å². The molecule has 0 fully saturated rings. The predicted octanol–water partition coefficient (Wildman–Crippen LogP) is 4.52. The van der Waals surface area contributed by atoms with Gasteiger partial charge in [-0.2, -0.15) is 0 Å². The number of hydrogen-bond acceptors (Lipinski definition) is 1. The van der Waals surface area contributed by atoms with E-state index in [-0.39, 0.29) is 10.2 Å². The summed E-state index contributed by atoms with van der Waals surface area (Å²) in [6.07, 6.45) is -3.15.